The van der Waals surface area contributed by atoms with Gasteiger partial charge in [0.15, 0.2) is 5.78 Å². The van der Waals surface area contributed by atoms with E-state index in [1.165, 1.54) is 141 Å². The van der Waals surface area contributed by atoms with E-state index in [2.05, 4.69) is 17.0 Å². The molecule has 314 valence electrons. The summed E-state index contributed by atoms with van der Waals surface area (Å²) in [5.74, 6) is 9.82. The Morgan fingerprint density at radius 3 is 1.53 bits per heavy atom. The molecule has 12 saturated carbocycles. The van der Waals surface area contributed by atoms with Crippen molar-refractivity contribution in [2.75, 3.05) is 32.0 Å². The summed E-state index contributed by atoms with van der Waals surface area (Å²) in [5.41, 5.74) is 11.0. The minimum absolute atomic E-state index is 0.141. The molecule has 1 aliphatic heterocycles. The number of aliphatic hydroxyl groups is 1. The Morgan fingerprint density at radius 1 is 0.638 bits per heavy atom. The van der Waals surface area contributed by atoms with Crippen molar-refractivity contribution in [2.45, 2.75) is 141 Å². The first-order chi connectivity index (χ1) is 28.1. The molecular weight excluding hydrogens is 713 g/mol. The maximum atomic E-state index is 12.7. The third-order valence-corrected chi connectivity index (χ3v) is 18.5. The average molecular weight is 787 g/mol. The summed E-state index contributed by atoms with van der Waals surface area (Å²) in [4.78, 5) is 26.6. The molecule has 13 fully saturated rings. The predicted molar refractivity (Wildman–Crippen MR) is 233 cm³/mol. The maximum absolute atomic E-state index is 12.7. The number of nitrogens with two attached hydrogens (primary N) is 1. The molecule has 58 heavy (non-hydrogen) atoms. The van der Waals surface area contributed by atoms with Crippen LogP contribution < -0.4 is 5.73 Å². The Balaban J connectivity index is 0.000000136. The second-order valence-electron chi connectivity index (χ2n) is 23.3. The quantitative estimate of drug-likeness (QED) is 0.150. The molecule has 0 radical (unpaired) electrons. The van der Waals surface area contributed by atoms with E-state index in [0.717, 1.165) is 76.7 Å². The Kier molecular flexibility index (Phi) is 11.0. The number of likely N-dealkylation sites (tertiary alicyclic amines) is 1. The molecule has 12 aliphatic carbocycles. The number of piperidine rings is 1. The van der Waals surface area contributed by atoms with Gasteiger partial charge in [-0.15, -0.1) is 0 Å². The highest BCUT2D eigenvalue weighted by Gasteiger charge is 2.53. The van der Waals surface area contributed by atoms with Gasteiger partial charge in [0.05, 0.1) is 0 Å². The van der Waals surface area contributed by atoms with Crippen molar-refractivity contribution >= 4 is 17.8 Å². The van der Waals surface area contributed by atoms with Crippen LogP contribution in [0.4, 0.5) is 5.69 Å². The normalized spacial score (nSPS) is 41.4. The van der Waals surface area contributed by atoms with Crippen LogP contribution in [0.15, 0.2) is 48.5 Å². The zero-order valence-electron chi connectivity index (χ0n) is 35.6. The number of aliphatic hydroxyl groups excluding tert-OH is 1. The largest absolute Gasteiger partial charge is 0.398 e. The van der Waals surface area contributed by atoms with Crippen molar-refractivity contribution in [2.24, 2.45) is 75.4 Å². The summed E-state index contributed by atoms with van der Waals surface area (Å²) in [7, 11) is 0. The van der Waals surface area contributed by atoms with Gasteiger partial charge in [0.2, 0.25) is 0 Å². The van der Waals surface area contributed by atoms with Crippen molar-refractivity contribution < 1.29 is 14.7 Å². The molecule has 0 spiro atoms. The third kappa shape index (κ3) is 8.40. The van der Waals surface area contributed by atoms with Crippen LogP contribution in [0.2, 0.25) is 0 Å². The lowest BCUT2D eigenvalue weighted by molar-refractivity contribution is -0.130. The second-order valence-corrected chi connectivity index (χ2v) is 23.3. The van der Waals surface area contributed by atoms with Crippen molar-refractivity contribution in [1.29, 1.82) is 0 Å². The van der Waals surface area contributed by atoms with Gasteiger partial charge in [-0.25, -0.2) is 0 Å². The van der Waals surface area contributed by atoms with Crippen molar-refractivity contribution in [1.82, 2.24) is 4.90 Å². The van der Waals surface area contributed by atoms with Crippen molar-refractivity contribution in [3.8, 4) is 0 Å². The van der Waals surface area contributed by atoms with Gasteiger partial charge in [-0.3, -0.25) is 4.79 Å². The molecule has 15 rings (SSSR count). The fourth-order valence-electron chi connectivity index (χ4n) is 17.2. The van der Waals surface area contributed by atoms with Gasteiger partial charge in [0, 0.05) is 36.2 Å². The van der Waals surface area contributed by atoms with Gasteiger partial charge < -0.3 is 20.5 Å². The highest BCUT2D eigenvalue weighted by atomic mass is 16.3. The SMILES string of the molecule is Nc1ccccc1CC(=O)c1ccc(CC2CCN(CC34CC5CC(CC(C5)C3)C4)CC2)cc1.O=CC12CC3CC(CC(C3)C1)C2.OCC12CC3CC(CC(C3)C1)C2. The zero-order chi connectivity index (χ0) is 39.5. The van der Waals surface area contributed by atoms with Gasteiger partial charge in [-0.05, 0) is 235 Å². The van der Waals surface area contributed by atoms with E-state index in [1.54, 1.807) is 19.3 Å². The number of carbonyl (C=O) groups is 2. The number of nitrogen functional groups attached to an aromatic ring is 1. The molecule has 2 aromatic rings. The summed E-state index contributed by atoms with van der Waals surface area (Å²) < 4.78 is 0. The lowest BCUT2D eigenvalue weighted by atomic mass is 9.49. The topological polar surface area (TPSA) is 83.6 Å². The van der Waals surface area contributed by atoms with E-state index in [1.807, 2.05) is 36.4 Å². The lowest BCUT2D eigenvalue weighted by Crippen LogP contribution is -2.52. The van der Waals surface area contributed by atoms with E-state index in [-0.39, 0.29) is 11.2 Å². The lowest BCUT2D eigenvalue weighted by Gasteiger charge is -2.58. The van der Waals surface area contributed by atoms with E-state index in [4.69, 9.17) is 5.73 Å². The van der Waals surface area contributed by atoms with Crippen LogP contribution in [0.1, 0.15) is 150 Å². The number of carbonyl (C=O) groups excluding carboxylic acids is 2. The van der Waals surface area contributed by atoms with Crippen LogP contribution in [0.3, 0.4) is 0 Å². The van der Waals surface area contributed by atoms with Gasteiger partial charge in [-0.2, -0.15) is 0 Å². The van der Waals surface area contributed by atoms with Crippen LogP contribution in [0.25, 0.3) is 0 Å². The molecule has 13 aliphatic rings. The summed E-state index contributed by atoms with van der Waals surface area (Å²) in [6, 6.07) is 16.0. The fourth-order valence-corrected chi connectivity index (χ4v) is 17.2. The van der Waals surface area contributed by atoms with E-state index in [0.29, 0.717) is 29.5 Å². The van der Waals surface area contributed by atoms with Crippen LogP contribution in [-0.4, -0.2) is 48.3 Å². The molecule has 3 N–H and O–H groups in total. The molecule has 5 nitrogen and oxygen atoms in total. The Labute approximate surface area is 350 Å². The molecule has 2 aromatic carbocycles. The van der Waals surface area contributed by atoms with E-state index >= 15 is 0 Å². The van der Waals surface area contributed by atoms with Crippen LogP contribution in [-0.2, 0) is 17.6 Å². The highest BCUT2D eigenvalue weighted by Crippen LogP contribution is 2.62. The van der Waals surface area contributed by atoms with Crippen LogP contribution >= 0.6 is 0 Å². The maximum Gasteiger partial charge on any atom is 0.167 e. The Bertz CT molecular complexity index is 1670. The number of benzene rings is 2. The molecule has 0 atom stereocenters. The van der Waals surface area contributed by atoms with Gasteiger partial charge in [0.1, 0.15) is 6.29 Å². The Hall–Kier alpha value is -2.50. The van der Waals surface area contributed by atoms with E-state index < -0.39 is 0 Å². The Morgan fingerprint density at radius 2 is 1.09 bits per heavy atom. The number of aldehydes is 1. The molecular formula is C53H74N2O3. The van der Waals surface area contributed by atoms with E-state index in [9.17, 15) is 14.7 Å². The summed E-state index contributed by atoms with van der Waals surface area (Å²) in [6.07, 6.45) is 31.1. The number of para-hydroxylation sites is 1. The monoisotopic (exact) mass is 787 g/mol. The smallest absolute Gasteiger partial charge is 0.167 e. The first kappa shape index (κ1) is 39.6. The van der Waals surface area contributed by atoms with Gasteiger partial charge >= 0.3 is 0 Å². The zero-order valence-corrected chi connectivity index (χ0v) is 35.6. The number of ketones is 1. The highest BCUT2D eigenvalue weighted by molar-refractivity contribution is 5.98. The van der Waals surface area contributed by atoms with Crippen molar-refractivity contribution in [3.05, 3.63) is 65.2 Å². The molecule has 0 amide bonds. The number of hydrogen-bond donors (Lipinski definition) is 2. The first-order valence-electron chi connectivity index (χ1n) is 24.4. The average Bonchev–Trinajstić information content (AvgIpc) is 3.19. The van der Waals surface area contributed by atoms with Gasteiger partial charge in [0.25, 0.3) is 0 Å². The van der Waals surface area contributed by atoms with Crippen LogP contribution in [0, 0.1) is 75.4 Å². The minimum Gasteiger partial charge on any atom is -0.398 e. The number of rotatable bonds is 9. The molecule has 5 heteroatoms. The summed E-state index contributed by atoms with van der Waals surface area (Å²) in [5, 5.41) is 9.43. The first-order valence-corrected chi connectivity index (χ1v) is 24.4. The number of nitrogens with zero attached hydrogens (tertiary/aromatic N) is 1. The molecule has 1 heterocycles. The standard InChI is InChI=1S/C31H40N2O.C11H18O.C11H16O/c32-29-4-2-1-3-28(29)17-30(34)27-7-5-22(6-8-27)13-23-9-11-33(12-10-23)21-31-18-24-14-25(19-31)16-26(15-24)20-31;2*12-7-11-4-8-1-9(5-11)3-10(2-8)6-11/h1-8,23-26H,9-21,32H2;8-10,12H,1-7H2;7-10H,1-6H2. The van der Waals surface area contributed by atoms with Crippen LogP contribution in [0.5, 0.6) is 0 Å². The minimum atomic E-state index is 0.141. The molecule has 1 saturated heterocycles. The van der Waals surface area contributed by atoms with Gasteiger partial charge in [-0.1, -0.05) is 42.5 Å². The fraction of sp³-hybridized carbons (Fsp3) is 0.736. The molecule has 0 unspecified atom stereocenters. The number of Topliss-reactive ketones (excluding diaryl/α,β-unsaturated/α-hetero) is 1. The third-order valence-electron chi connectivity index (χ3n) is 18.5. The summed E-state index contributed by atoms with van der Waals surface area (Å²) in [6.45, 7) is 4.41. The van der Waals surface area contributed by atoms with Crippen molar-refractivity contribution in [3.63, 3.8) is 0 Å². The molecule has 0 aromatic heterocycles. The summed E-state index contributed by atoms with van der Waals surface area (Å²) >= 11 is 0. The molecule has 12 bridgehead atoms. The second kappa shape index (κ2) is 16.1. The number of anilines is 1. The number of hydrogen-bond acceptors (Lipinski definition) is 5. The predicted octanol–water partition coefficient (Wildman–Crippen LogP) is 10.8.